The highest BCUT2D eigenvalue weighted by Crippen LogP contribution is 2.48. The van der Waals surface area contributed by atoms with Gasteiger partial charge in [0.2, 0.25) is 5.91 Å². The fourth-order valence-electron chi connectivity index (χ4n) is 3.15. The molecule has 0 aliphatic heterocycles. The predicted octanol–water partition coefficient (Wildman–Crippen LogP) is 0.208. The molecular formula is C14H13N2O3-. The second kappa shape index (κ2) is 4.50. The van der Waals surface area contributed by atoms with Crippen LogP contribution in [-0.4, -0.2) is 16.9 Å². The molecule has 1 amide bonds. The van der Waals surface area contributed by atoms with Crippen LogP contribution in [0.5, 0.6) is 0 Å². The molecule has 1 N–H and O–H groups in total. The van der Waals surface area contributed by atoms with Crippen LogP contribution in [0.3, 0.4) is 0 Å². The molecule has 1 aromatic heterocycles. The highest BCUT2D eigenvalue weighted by Gasteiger charge is 2.48. The lowest BCUT2D eigenvalue weighted by Crippen LogP contribution is -2.42. The zero-order valence-electron chi connectivity index (χ0n) is 10.2. The summed E-state index contributed by atoms with van der Waals surface area (Å²) in [5, 5.41) is 13.9. The number of rotatable bonds is 3. The number of amides is 1. The van der Waals surface area contributed by atoms with E-state index in [0.717, 1.165) is 6.42 Å². The smallest absolute Gasteiger partial charge is 0.229 e. The van der Waals surface area contributed by atoms with Gasteiger partial charge in [-0.1, -0.05) is 18.2 Å². The van der Waals surface area contributed by atoms with Crippen molar-refractivity contribution in [1.29, 1.82) is 0 Å². The zero-order chi connectivity index (χ0) is 13.4. The molecule has 2 aliphatic carbocycles. The van der Waals surface area contributed by atoms with Crippen molar-refractivity contribution in [2.24, 2.45) is 23.7 Å². The molecule has 0 radical (unpaired) electrons. The van der Waals surface area contributed by atoms with Crippen LogP contribution in [0.2, 0.25) is 0 Å². The molecule has 0 unspecified atom stereocenters. The Labute approximate surface area is 110 Å². The van der Waals surface area contributed by atoms with E-state index in [4.69, 9.17) is 0 Å². The Hall–Kier alpha value is -2.17. The first kappa shape index (κ1) is 11.9. The van der Waals surface area contributed by atoms with Gasteiger partial charge in [0.15, 0.2) is 0 Å². The highest BCUT2D eigenvalue weighted by molar-refractivity contribution is 5.95. The summed E-state index contributed by atoms with van der Waals surface area (Å²) >= 11 is 0. The Balaban J connectivity index is 1.79. The van der Waals surface area contributed by atoms with Gasteiger partial charge in [-0.2, -0.15) is 0 Å². The Morgan fingerprint density at radius 2 is 1.95 bits per heavy atom. The van der Waals surface area contributed by atoms with E-state index in [-0.39, 0.29) is 17.7 Å². The molecule has 0 aromatic carbocycles. The maximum atomic E-state index is 12.2. The lowest BCUT2D eigenvalue weighted by Gasteiger charge is -2.27. The quantitative estimate of drug-likeness (QED) is 0.785. The van der Waals surface area contributed by atoms with Gasteiger partial charge in [-0.25, -0.2) is 4.98 Å². The first-order valence-corrected chi connectivity index (χ1v) is 6.28. The molecule has 1 saturated carbocycles. The van der Waals surface area contributed by atoms with Crippen LogP contribution in [0.25, 0.3) is 0 Å². The van der Waals surface area contributed by atoms with Crippen molar-refractivity contribution in [3.8, 4) is 0 Å². The van der Waals surface area contributed by atoms with Crippen LogP contribution in [-0.2, 0) is 9.59 Å². The second-order valence-electron chi connectivity index (χ2n) is 5.02. The number of aromatic nitrogens is 1. The summed E-state index contributed by atoms with van der Waals surface area (Å²) in [6.45, 7) is 0. The molecular weight excluding hydrogens is 244 g/mol. The van der Waals surface area contributed by atoms with Gasteiger partial charge in [0, 0.05) is 18.1 Å². The summed E-state index contributed by atoms with van der Waals surface area (Å²) in [7, 11) is 0. The topological polar surface area (TPSA) is 82.1 Å². The fraction of sp³-hybridized carbons (Fsp3) is 0.357. The number of anilines is 1. The highest BCUT2D eigenvalue weighted by atomic mass is 16.4. The van der Waals surface area contributed by atoms with Crippen LogP contribution in [0.4, 0.5) is 5.82 Å². The first-order chi connectivity index (χ1) is 9.16. The van der Waals surface area contributed by atoms with E-state index in [1.165, 1.54) is 0 Å². The predicted molar refractivity (Wildman–Crippen MR) is 65.6 cm³/mol. The van der Waals surface area contributed by atoms with Gasteiger partial charge in [-0.05, 0) is 30.4 Å². The van der Waals surface area contributed by atoms with Crippen molar-refractivity contribution >= 4 is 17.7 Å². The minimum absolute atomic E-state index is 0.00314. The largest absolute Gasteiger partial charge is 0.550 e. The number of pyridine rings is 1. The summed E-state index contributed by atoms with van der Waals surface area (Å²) in [5.74, 6) is -2.34. The van der Waals surface area contributed by atoms with Crippen molar-refractivity contribution in [2.45, 2.75) is 6.42 Å². The lowest BCUT2D eigenvalue weighted by molar-refractivity contribution is -0.313. The van der Waals surface area contributed by atoms with Crippen molar-refractivity contribution in [3.05, 3.63) is 36.5 Å². The zero-order valence-corrected chi connectivity index (χ0v) is 10.2. The molecule has 1 aromatic rings. The second-order valence-corrected chi connectivity index (χ2v) is 5.02. The Kier molecular flexibility index (Phi) is 2.81. The summed E-state index contributed by atoms with van der Waals surface area (Å²) in [6.07, 6.45) is 6.12. The van der Waals surface area contributed by atoms with Crippen LogP contribution in [0.15, 0.2) is 36.5 Å². The van der Waals surface area contributed by atoms with Crippen molar-refractivity contribution in [2.75, 3.05) is 5.32 Å². The van der Waals surface area contributed by atoms with Gasteiger partial charge in [-0.15, -0.1) is 0 Å². The van der Waals surface area contributed by atoms with E-state index in [0.29, 0.717) is 5.82 Å². The van der Waals surface area contributed by atoms with E-state index < -0.39 is 17.8 Å². The number of nitrogens with one attached hydrogen (secondary N) is 1. The lowest BCUT2D eigenvalue weighted by atomic mass is 9.82. The third-order valence-corrected chi connectivity index (χ3v) is 3.95. The Bertz CT molecular complexity index is 541. The van der Waals surface area contributed by atoms with Crippen molar-refractivity contribution < 1.29 is 14.7 Å². The number of carbonyl (C=O) groups is 2. The molecule has 1 heterocycles. The molecule has 5 nitrogen and oxygen atoms in total. The van der Waals surface area contributed by atoms with Gasteiger partial charge in [0.25, 0.3) is 0 Å². The van der Waals surface area contributed by atoms with E-state index in [9.17, 15) is 14.7 Å². The van der Waals surface area contributed by atoms with Crippen molar-refractivity contribution in [1.82, 2.24) is 4.98 Å². The van der Waals surface area contributed by atoms with Crippen molar-refractivity contribution in [3.63, 3.8) is 0 Å². The molecule has 5 heteroatoms. The number of fused-ring (bicyclic) bond motifs is 2. The van der Waals surface area contributed by atoms with Gasteiger partial charge in [0.1, 0.15) is 5.82 Å². The molecule has 1 fully saturated rings. The average Bonchev–Trinajstić information content (AvgIpc) is 2.99. The molecule has 0 saturated heterocycles. The van der Waals surface area contributed by atoms with E-state index >= 15 is 0 Å². The number of aliphatic carboxylic acids is 1. The number of carboxylic acid groups (broad SMARTS) is 1. The van der Waals surface area contributed by atoms with Crippen LogP contribution in [0.1, 0.15) is 6.42 Å². The normalized spacial score (nSPS) is 31.4. The third-order valence-electron chi connectivity index (χ3n) is 3.95. The van der Waals surface area contributed by atoms with Gasteiger partial charge < -0.3 is 15.2 Å². The number of allylic oxidation sites excluding steroid dienone is 2. The number of carboxylic acids is 1. The summed E-state index contributed by atoms with van der Waals surface area (Å²) in [6, 6.07) is 5.19. The number of nitrogens with zero attached hydrogens (tertiary/aromatic N) is 1. The summed E-state index contributed by atoms with van der Waals surface area (Å²) < 4.78 is 0. The molecule has 98 valence electrons. The van der Waals surface area contributed by atoms with Gasteiger partial charge in [-0.3, -0.25) is 4.79 Å². The van der Waals surface area contributed by atoms with Gasteiger partial charge in [0.05, 0.1) is 5.92 Å². The SMILES string of the molecule is O=C([O-])[C@@H]1[C@@H](C(=O)Nc2ccccn2)[C@H]2C=C[C@H]1C2. The van der Waals surface area contributed by atoms with E-state index in [2.05, 4.69) is 10.3 Å². The van der Waals surface area contributed by atoms with E-state index in [1.54, 1.807) is 24.4 Å². The molecule has 19 heavy (non-hydrogen) atoms. The molecule has 4 atom stereocenters. The monoisotopic (exact) mass is 257 g/mol. The van der Waals surface area contributed by atoms with Gasteiger partial charge >= 0.3 is 0 Å². The minimum Gasteiger partial charge on any atom is -0.550 e. The average molecular weight is 257 g/mol. The Morgan fingerprint density at radius 1 is 1.21 bits per heavy atom. The van der Waals surface area contributed by atoms with Crippen LogP contribution < -0.4 is 10.4 Å². The Morgan fingerprint density at radius 3 is 2.58 bits per heavy atom. The first-order valence-electron chi connectivity index (χ1n) is 6.28. The maximum Gasteiger partial charge on any atom is 0.229 e. The van der Waals surface area contributed by atoms with Crippen LogP contribution in [0, 0.1) is 23.7 Å². The maximum absolute atomic E-state index is 12.2. The molecule has 0 spiro atoms. The summed E-state index contributed by atoms with van der Waals surface area (Å²) in [4.78, 5) is 27.5. The molecule has 3 rings (SSSR count). The fourth-order valence-corrected chi connectivity index (χ4v) is 3.15. The number of carbonyl (C=O) groups excluding carboxylic acids is 2. The van der Waals surface area contributed by atoms with E-state index in [1.807, 2.05) is 12.2 Å². The third kappa shape index (κ3) is 2.01. The minimum atomic E-state index is -1.14. The number of hydrogen-bond donors (Lipinski definition) is 1. The number of hydrogen-bond acceptors (Lipinski definition) is 4. The summed E-state index contributed by atoms with van der Waals surface area (Å²) in [5.41, 5.74) is 0. The molecule has 2 bridgehead atoms. The molecule has 2 aliphatic rings. The van der Waals surface area contributed by atoms with Crippen LogP contribution >= 0.6 is 0 Å². The standard InChI is InChI=1S/C14H14N2O3/c17-13(16-10-3-1-2-6-15-10)11-8-4-5-9(7-8)12(11)14(18)19/h1-6,8-9,11-12H,7H2,(H,18,19)(H,15,16,17)/p-1/t8-,9-,11-,12-/m0/s1.